The maximum Gasteiger partial charge on any atom is 0.247 e. The molecule has 4 aliphatic rings. The third-order valence-electron chi connectivity index (χ3n) is 19.1. The van der Waals surface area contributed by atoms with Gasteiger partial charge in [-0.15, -0.1) is 0 Å². The standard InChI is InChI=1S/C70H97N11O8/c1-46(63(82)47(2)71-4)59-53(44-73-42-49-24-14-10-15-25-49)32-34-55-36-38-57(80(55)69(59)88)65(84)77-60(51-28-18-12-19-29-51)67(86)75-40-22-8-6-7-9-23-41-76-68(87)61(52-30-20-13-21-31-52)78-66(85)58-39-37-56-35-33-54(45-74-43-50-26-16-11-17-27-50)62(70(89)81(56)58)79-64(83)48(3)72-5/h10-21,24-31,46-48,53-62,71-74H,6-9,22-23,32-45H2,1-5H3,(H,75,86)(H,76,87)(H,77,84)(H,78,85)(H,79,83). The van der Waals surface area contributed by atoms with Crippen molar-refractivity contribution in [2.75, 3.05) is 40.3 Å². The van der Waals surface area contributed by atoms with Crippen molar-refractivity contribution in [3.8, 4) is 0 Å². The molecule has 4 saturated heterocycles. The lowest BCUT2D eigenvalue weighted by molar-refractivity contribution is -0.148. The highest BCUT2D eigenvalue weighted by Gasteiger charge is 2.51. The van der Waals surface area contributed by atoms with Crippen LogP contribution in [0.1, 0.15) is 145 Å². The van der Waals surface area contributed by atoms with Gasteiger partial charge in [0, 0.05) is 56.6 Å². The molecule has 0 aromatic heterocycles. The molecule has 19 nitrogen and oxygen atoms in total. The summed E-state index contributed by atoms with van der Waals surface area (Å²) in [6.07, 6.45) is 9.96. The number of benzene rings is 4. The molecule has 9 N–H and O–H groups in total. The second-order valence-electron chi connectivity index (χ2n) is 25.0. The first-order valence-corrected chi connectivity index (χ1v) is 32.8. The van der Waals surface area contributed by atoms with Crippen molar-refractivity contribution < 1.29 is 38.4 Å². The van der Waals surface area contributed by atoms with E-state index in [0.29, 0.717) is 102 Å². The number of hydrogen-bond acceptors (Lipinski definition) is 12. The van der Waals surface area contributed by atoms with Crippen LogP contribution >= 0.6 is 0 Å². The normalized spacial score (nSPS) is 23.3. The second-order valence-corrected chi connectivity index (χ2v) is 25.0. The number of amides is 7. The van der Waals surface area contributed by atoms with Crippen molar-refractivity contribution in [2.45, 2.75) is 178 Å². The number of likely N-dealkylation sites (N-methyl/N-ethyl adjacent to an activating group) is 2. The molecule has 8 rings (SSSR count). The highest BCUT2D eigenvalue weighted by atomic mass is 16.2. The van der Waals surface area contributed by atoms with Gasteiger partial charge in [0.2, 0.25) is 41.4 Å². The smallest absolute Gasteiger partial charge is 0.247 e. The largest absolute Gasteiger partial charge is 0.354 e. The van der Waals surface area contributed by atoms with Gasteiger partial charge in [-0.3, -0.25) is 38.4 Å². The van der Waals surface area contributed by atoms with Gasteiger partial charge in [-0.2, -0.15) is 0 Å². The van der Waals surface area contributed by atoms with Crippen LogP contribution < -0.4 is 47.9 Å². The molecular weight excluding hydrogens is 1120 g/mol. The van der Waals surface area contributed by atoms with E-state index in [4.69, 9.17) is 0 Å². The van der Waals surface area contributed by atoms with E-state index in [0.717, 1.165) is 49.7 Å². The summed E-state index contributed by atoms with van der Waals surface area (Å²) in [5, 5.41) is 28.3. The lowest BCUT2D eigenvalue weighted by Crippen LogP contribution is -2.59. The first-order valence-electron chi connectivity index (χ1n) is 32.8. The molecule has 4 aromatic rings. The second kappa shape index (κ2) is 34.0. The summed E-state index contributed by atoms with van der Waals surface area (Å²) in [6, 6.07) is 32.6. The first kappa shape index (κ1) is 67.6. The van der Waals surface area contributed by atoms with Crippen LogP contribution in [0.15, 0.2) is 121 Å². The van der Waals surface area contributed by atoms with Gasteiger partial charge < -0.3 is 57.7 Å². The average molecular weight is 1220 g/mol. The summed E-state index contributed by atoms with van der Waals surface area (Å²) >= 11 is 0. The average Bonchev–Trinajstić information content (AvgIpc) is 2.36. The van der Waals surface area contributed by atoms with Gasteiger partial charge in [0.05, 0.1) is 18.0 Å². The van der Waals surface area contributed by atoms with Gasteiger partial charge in [-0.05, 0) is 127 Å². The minimum Gasteiger partial charge on any atom is -0.354 e. The Morgan fingerprint density at radius 1 is 0.472 bits per heavy atom. The Bertz CT molecular complexity index is 2940. The van der Waals surface area contributed by atoms with Crippen molar-refractivity contribution in [1.82, 2.24) is 57.7 Å². The van der Waals surface area contributed by atoms with Crippen molar-refractivity contribution >= 4 is 47.1 Å². The summed E-state index contributed by atoms with van der Waals surface area (Å²) in [7, 11) is 3.44. The van der Waals surface area contributed by atoms with Crippen molar-refractivity contribution in [1.29, 1.82) is 0 Å². The fourth-order valence-electron chi connectivity index (χ4n) is 13.7. The van der Waals surface area contributed by atoms with Crippen molar-refractivity contribution in [2.24, 2.45) is 23.7 Å². The lowest BCUT2D eigenvalue weighted by atomic mass is 9.76. The highest BCUT2D eigenvalue weighted by molar-refractivity contribution is 5.97. The fourth-order valence-corrected chi connectivity index (χ4v) is 13.7. The van der Waals surface area contributed by atoms with Gasteiger partial charge >= 0.3 is 0 Å². The Morgan fingerprint density at radius 3 is 1.34 bits per heavy atom. The zero-order valence-electron chi connectivity index (χ0n) is 52.9. The van der Waals surface area contributed by atoms with E-state index in [1.54, 1.807) is 43.0 Å². The van der Waals surface area contributed by atoms with Gasteiger partial charge in [0.1, 0.15) is 30.2 Å². The fraction of sp³-hybridized carbons (Fsp3) is 0.543. The van der Waals surface area contributed by atoms with E-state index in [2.05, 4.69) is 60.0 Å². The predicted molar refractivity (Wildman–Crippen MR) is 344 cm³/mol. The zero-order chi connectivity index (χ0) is 63.2. The molecule has 7 amide bonds. The van der Waals surface area contributed by atoms with E-state index in [1.165, 1.54) is 0 Å². The molecular formula is C70H97N11O8. The minimum absolute atomic E-state index is 0.0392. The zero-order valence-corrected chi connectivity index (χ0v) is 52.9. The molecule has 4 aliphatic heterocycles. The molecule has 13 atom stereocenters. The summed E-state index contributed by atoms with van der Waals surface area (Å²) in [5.41, 5.74) is 3.50. The Morgan fingerprint density at radius 2 is 0.876 bits per heavy atom. The number of Topliss-reactive ketones (excluding diaryl/α,β-unsaturated/α-hetero) is 1. The van der Waals surface area contributed by atoms with Crippen LogP contribution in [0.3, 0.4) is 0 Å². The van der Waals surface area contributed by atoms with Gasteiger partial charge in [-0.25, -0.2) is 0 Å². The van der Waals surface area contributed by atoms with Crippen LogP contribution in [0.25, 0.3) is 0 Å². The van der Waals surface area contributed by atoms with Gasteiger partial charge in [0.25, 0.3) is 0 Å². The minimum atomic E-state index is -0.992. The van der Waals surface area contributed by atoms with Gasteiger partial charge in [-0.1, -0.05) is 154 Å². The number of carbonyl (C=O) groups excluding carboxylic acids is 8. The molecule has 13 unspecified atom stereocenters. The van der Waals surface area contributed by atoms with Crippen LogP contribution in [-0.4, -0.2) is 140 Å². The number of nitrogens with one attached hydrogen (secondary N) is 9. The quantitative estimate of drug-likeness (QED) is 0.0259. The number of fused-ring (bicyclic) bond motifs is 2. The summed E-state index contributed by atoms with van der Waals surface area (Å²) in [5.74, 6) is -3.79. The Labute approximate surface area is 526 Å². The third kappa shape index (κ3) is 18.2. The van der Waals surface area contributed by atoms with Crippen LogP contribution in [-0.2, 0) is 51.4 Å². The maximum atomic E-state index is 15.0. The van der Waals surface area contributed by atoms with Crippen molar-refractivity contribution in [3.63, 3.8) is 0 Å². The molecule has 0 spiro atoms. The number of nitrogens with zero attached hydrogens (tertiary/aromatic N) is 2. The number of ketones is 1. The topological polar surface area (TPSA) is 251 Å². The molecule has 0 aliphatic carbocycles. The summed E-state index contributed by atoms with van der Waals surface area (Å²) in [4.78, 5) is 117. The van der Waals surface area contributed by atoms with Crippen LogP contribution in [0, 0.1) is 23.7 Å². The third-order valence-corrected chi connectivity index (χ3v) is 19.1. The molecule has 0 bridgehead atoms. The molecule has 0 saturated carbocycles. The molecule has 19 heteroatoms. The van der Waals surface area contributed by atoms with E-state index in [9.17, 15) is 38.4 Å². The lowest BCUT2D eigenvalue weighted by Gasteiger charge is -2.35. The van der Waals surface area contributed by atoms with E-state index < -0.39 is 60.0 Å². The first-order chi connectivity index (χ1) is 43.2. The summed E-state index contributed by atoms with van der Waals surface area (Å²) < 4.78 is 0. The Balaban J connectivity index is 0.797. The Kier molecular flexibility index (Phi) is 25.9. The number of hydrogen-bond donors (Lipinski definition) is 9. The van der Waals surface area contributed by atoms with Gasteiger partial charge in [0.15, 0.2) is 5.78 Å². The molecule has 480 valence electrons. The van der Waals surface area contributed by atoms with E-state index >= 15 is 0 Å². The molecule has 4 aromatic carbocycles. The van der Waals surface area contributed by atoms with E-state index in [-0.39, 0.29) is 65.1 Å². The highest BCUT2D eigenvalue weighted by Crippen LogP contribution is 2.40. The monoisotopic (exact) mass is 1220 g/mol. The summed E-state index contributed by atoms with van der Waals surface area (Å²) in [6.45, 7) is 8.52. The molecule has 0 radical (unpaired) electrons. The van der Waals surface area contributed by atoms with Crippen LogP contribution in [0.4, 0.5) is 0 Å². The molecule has 89 heavy (non-hydrogen) atoms. The molecule has 4 fully saturated rings. The predicted octanol–water partition coefficient (Wildman–Crippen LogP) is 5.92. The number of rotatable bonds is 32. The number of carbonyl (C=O) groups is 8. The number of unbranched alkanes of at least 4 members (excludes halogenated alkanes) is 5. The van der Waals surface area contributed by atoms with Crippen LogP contribution in [0.2, 0.25) is 0 Å². The van der Waals surface area contributed by atoms with Crippen LogP contribution in [0.5, 0.6) is 0 Å². The Hall–Kier alpha value is -7.32. The SMILES string of the molecule is CNC(C)C(=O)NC1C(=O)N2C(CCC1CNCc1ccccc1)CCC2C(=O)NC(C(=O)NCCCCCCCCNC(=O)C(NC(=O)C1CCC2CCC(CNCc3ccccc3)C(C(C)C(=O)C(C)NC)C(=O)N21)c1ccccc1)c1ccccc1. The molecule has 4 heterocycles. The van der Waals surface area contributed by atoms with E-state index in [1.807, 2.05) is 111 Å². The maximum absolute atomic E-state index is 15.0. The van der Waals surface area contributed by atoms with Crippen molar-refractivity contribution in [3.05, 3.63) is 144 Å².